The topological polar surface area (TPSA) is 44.5 Å². The van der Waals surface area contributed by atoms with E-state index in [1.807, 2.05) is 6.92 Å². The van der Waals surface area contributed by atoms with Gasteiger partial charge in [-0.3, -0.25) is 0 Å². The van der Waals surface area contributed by atoms with E-state index < -0.39 is 0 Å². The largest absolute Gasteiger partial charge is 0.493 e. The van der Waals surface area contributed by atoms with Gasteiger partial charge in [-0.15, -0.1) is 0 Å². The zero-order valence-electron chi connectivity index (χ0n) is 10.2. The van der Waals surface area contributed by atoms with Gasteiger partial charge in [0.05, 0.1) is 14.2 Å². The molecule has 88 valence electrons. The lowest BCUT2D eigenvalue weighted by molar-refractivity contribution is 0.348. The molecule has 0 amide bonds. The summed E-state index contributed by atoms with van der Waals surface area (Å²) >= 11 is 0. The maximum Gasteiger partial charge on any atom is 0.164 e. The van der Waals surface area contributed by atoms with Crippen LogP contribution in [0.4, 0.5) is 0 Å². The Hall–Kier alpha value is -1.22. The molecule has 0 unspecified atom stereocenters. The third-order valence-electron chi connectivity index (χ3n) is 3.23. The SMILES string of the molecule is COc1c(C)ccc(CC2(N)CC2)c1OC. The average molecular weight is 221 g/mol. The minimum Gasteiger partial charge on any atom is -0.493 e. The molecule has 16 heavy (non-hydrogen) atoms. The molecule has 0 heterocycles. The maximum atomic E-state index is 6.14. The number of rotatable bonds is 4. The molecular formula is C13H19NO2. The molecule has 1 fully saturated rings. The van der Waals surface area contributed by atoms with Crippen LogP contribution in [0.1, 0.15) is 24.0 Å². The van der Waals surface area contributed by atoms with Crippen molar-refractivity contribution in [3.63, 3.8) is 0 Å². The monoisotopic (exact) mass is 221 g/mol. The Labute approximate surface area is 96.5 Å². The first-order valence-corrected chi connectivity index (χ1v) is 5.59. The summed E-state index contributed by atoms with van der Waals surface area (Å²) in [7, 11) is 3.35. The number of methoxy groups -OCH3 is 2. The molecule has 0 aromatic heterocycles. The Balaban J connectivity index is 2.36. The Kier molecular flexibility index (Phi) is 2.80. The van der Waals surface area contributed by atoms with E-state index in [4.69, 9.17) is 15.2 Å². The van der Waals surface area contributed by atoms with Crippen molar-refractivity contribution < 1.29 is 9.47 Å². The Morgan fingerprint density at radius 1 is 1.19 bits per heavy atom. The number of hydrogen-bond acceptors (Lipinski definition) is 3. The highest BCUT2D eigenvalue weighted by Gasteiger charge is 2.39. The van der Waals surface area contributed by atoms with E-state index >= 15 is 0 Å². The quantitative estimate of drug-likeness (QED) is 0.846. The van der Waals surface area contributed by atoms with Crippen LogP contribution in [0, 0.1) is 6.92 Å². The molecule has 0 bridgehead atoms. The molecule has 0 saturated heterocycles. The second kappa shape index (κ2) is 3.98. The van der Waals surface area contributed by atoms with Crippen molar-refractivity contribution in [3.05, 3.63) is 23.3 Å². The summed E-state index contributed by atoms with van der Waals surface area (Å²) in [5.74, 6) is 1.66. The standard InChI is InChI=1S/C13H19NO2/c1-9-4-5-10(8-13(14)6-7-13)12(16-3)11(9)15-2/h4-5H,6-8,14H2,1-3H3. The van der Waals surface area contributed by atoms with Crippen molar-refractivity contribution >= 4 is 0 Å². The normalized spacial score (nSPS) is 17.0. The van der Waals surface area contributed by atoms with Crippen LogP contribution in [0.15, 0.2) is 12.1 Å². The van der Waals surface area contributed by atoms with Crippen LogP contribution in [0.2, 0.25) is 0 Å². The van der Waals surface area contributed by atoms with Crippen molar-refractivity contribution in [1.82, 2.24) is 0 Å². The Morgan fingerprint density at radius 3 is 2.31 bits per heavy atom. The number of hydrogen-bond donors (Lipinski definition) is 1. The van der Waals surface area contributed by atoms with Gasteiger partial charge in [-0.1, -0.05) is 12.1 Å². The van der Waals surface area contributed by atoms with Crippen molar-refractivity contribution in [2.45, 2.75) is 31.7 Å². The van der Waals surface area contributed by atoms with E-state index in [9.17, 15) is 0 Å². The van der Waals surface area contributed by atoms with E-state index in [1.54, 1.807) is 14.2 Å². The molecule has 0 aliphatic heterocycles. The fourth-order valence-corrected chi connectivity index (χ4v) is 2.04. The smallest absolute Gasteiger partial charge is 0.164 e. The lowest BCUT2D eigenvalue weighted by Crippen LogP contribution is -2.24. The third kappa shape index (κ3) is 2.00. The first kappa shape index (κ1) is 11.3. The summed E-state index contributed by atoms with van der Waals surface area (Å²) in [6.45, 7) is 2.01. The predicted molar refractivity (Wildman–Crippen MR) is 64.1 cm³/mol. The third-order valence-corrected chi connectivity index (χ3v) is 3.23. The Morgan fingerprint density at radius 2 is 1.81 bits per heavy atom. The molecule has 0 spiro atoms. The number of benzene rings is 1. The lowest BCUT2D eigenvalue weighted by Gasteiger charge is -2.17. The summed E-state index contributed by atoms with van der Waals surface area (Å²) in [4.78, 5) is 0. The molecule has 0 radical (unpaired) electrons. The van der Waals surface area contributed by atoms with Crippen LogP contribution >= 0.6 is 0 Å². The van der Waals surface area contributed by atoms with Crippen molar-refractivity contribution in [2.24, 2.45) is 5.73 Å². The minimum atomic E-state index is -0.00640. The van der Waals surface area contributed by atoms with E-state index in [1.165, 1.54) is 0 Å². The van der Waals surface area contributed by atoms with E-state index in [2.05, 4.69) is 12.1 Å². The molecule has 3 nitrogen and oxygen atoms in total. The first-order chi connectivity index (χ1) is 7.59. The van der Waals surface area contributed by atoms with Gasteiger partial charge in [0.1, 0.15) is 0 Å². The van der Waals surface area contributed by atoms with E-state index in [0.29, 0.717) is 0 Å². The molecule has 1 aromatic carbocycles. The molecular weight excluding hydrogens is 202 g/mol. The van der Waals surface area contributed by atoms with Crippen molar-refractivity contribution in [2.75, 3.05) is 14.2 Å². The summed E-state index contributed by atoms with van der Waals surface area (Å²) < 4.78 is 10.8. The highest BCUT2D eigenvalue weighted by Crippen LogP contribution is 2.41. The summed E-state index contributed by atoms with van der Waals surface area (Å²) in [6.07, 6.45) is 3.07. The fourth-order valence-electron chi connectivity index (χ4n) is 2.04. The molecule has 0 atom stereocenters. The molecule has 1 aromatic rings. The van der Waals surface area contributed by atoms with Gasteiger partial charge in [-0.05, 0) is 37.3 Å². The summed E-state index contributed by atoms with van der Waals surface area (Å²) in [5.41, 5.74) is 8.36. The van der Waals surface area contributed by atoms with Crippen molar-refractivity contribution in [3.8, 4) is 11.5 Å². The van der Waals surface area contributed by atoms with E-state index in [-0.39, 0.29) is 5.54 Å². The first-order valence-electron chi connectivity index (χ1n) is 5.59. The molecule has 1 aliphatic carbocycles. The molecule has 2 rings (SSSR count). The van der Waals surface area contributed by atoms with Crippen molar-refractivity contribution in [1.29, 1.82) is 0 Å². The van der Waals surface area contributed by atoms with E-state index in [0.717, 1.165) is 41.9 Å². The van der Waals surface area contributed by atoms with Crippen LogP contribution in [0.5, 0.6) is 11.5 Å². The van der Waals surface area contributed by atoms with Crippen LogP contribution < -0.4 is 15.2 Å². The van der Waals surface area contributed by atoms with Gasteiger partial charge in [0, 0.05) is 5.54 Å². The lowest BCUT2D eigenvalue weighted by atomic mass is 10.0. The highest BCUT2D eigenvalue weighted by molar-refractivity contribution is 5.52. The van der Waals surface area contributed by atoms with Crippen LogP contribution in [0.25, 0.3) is 0 Å². The van der Waals surface area contributed by atoms with Crippen LogP contribution in [-0.2, 0) is 6.42 Å². The van der Waals surface area contributed by atoms with Crippen LogP contribution in [-0.4, -0.2) is 19.8 Å². The highest BCUT2D eigenvalue weighted by atomic mass is 16.5. The predicted octanol–water partition coefficient (Wildman–Crippen LogP) is 2.05. The number of aryl methyl sites for hydroxylation is 1. The minimum absolute atomic E-state index is 0.00640. The molecule has 2 N–H and O–H groups in total. The van der Waals surface area contributed by atoms with Gasteiger partial charge in [-0.2, -0.15) is 0 Å². The maximum absolute atomic E-state index is 6.14. The van der Waals surface area contributed by atoms with Gasteiger partial charge < -0.3 is 15.2 Å². The fraction of sp³-hybridized carbons (Fsp3) is 0.538. The van der Waals surface area contributed by atoms with Gasteiger partial charge in [0.15, 0.2) is 11.5 Å². The zero-order valence-corrected chi connectivity index (χ0v) is 10.2. The molecule has 1 aliphatic rings. The number of nitrogens with two attached hydrogens (primary N) is 1. The molecule has 1 saturated carbocycles. The second-order valence-corrected chi connectivity index (χ2v) is 4.65. The summed E-state index contributed by atoms with van der Waals surface area (Å²) in [6, 6.07) is 4.14. The number of ether oxygens (including phenoxy) is 2. The zero-order chi connectivity index (χ0) is 11.8. The van der Waals surface area contributed by atoms with Gasteiger partial charge in [0.25, 0.3) is 0 Å². The van der Waals surface area contributed by atoms with Gasteiger partial charge in [0.2, 0.25) is 0 Å². The Bertz CT molecular complexity index is 397. The molecule has 3 heteroatoms. The average Bonchev–Trinajstić information content (AvgIpc) is 2.98. The second-order valence-electron chi connectivity index (χ2n) is 4.65. The summed E-state index contributed by atoms with van der Waals surface area (Å²) in [5, 5.41) is 0. The van der Waals surface area contributed by atoms with Gasteiger partial charge in [-0.25, -0.2) is 0 Å². The van der Waals surface area contributed by atoms with Gasteiger partial charge >= 0.3 is 0 Å². The van der Waals surface area contributed by atoms with Crippen LogP contribution in [0.3, 0.4) is 0 Å².